The van der Waals surface area contributed by atoms with Crippen LogP contribution in [0.1, 0.15) is 60.3 Å². The molecule has 0 heterocycles. The average molecular weight is 346 g/mol. The van der Waals surface area contributed by atoms with E-state index in [9.17, 15) is 4.79 Å². The molecule has 17 heavy (non-hydrogen) atoms. The standard InChI is InChI=1S/C15H23IO/c1-11(2,3)10(17)14-6-12(4)8-15(14,16)9-13(12,5)7-14/h6-9H2,1-5H3/t12-,13+,14?,15?. The molecule has 0 aromatic rings. The largest absolute Gasteiger partial charge is 0.298 e. The lowest BCUT2D eigenvalue weighted by atomic mass is 9.68. The maximum Gasteiger partial charge on any atom is 0.145 e. The van der Waals surface area contributed by atoms with E-state index in [-0.39, 0.29) is 14.3 Å². The summed E-state index contributed by atoms with van der Waals surface area (Å²) in [5.74, 6) is 0.532. The third kappa shape index (κ3) is 1.15. The zero-order valence-corrected chi connectivity index (χ0v) is 13.8. The summed E-state index contributed by atoms with van der Waals surface area (Å²) >= 11 is 2.65. The van der Waals surface area contributed by atoms with E-state index in [1.807, 2.05) is 0 Å². The van der Waals surface area contributed by atoms with Crippen LogP contribution in [0.4, 0.5) is 0 Å². The predicted molar refractivity (Wildman–Crippen MR) is 78.3 cm³/mol. The van der Waals surface area contributed by atoms with Gasteiger partial charge in [-0.2, -0.15) is 0 Å². The lowest BCUT2D eigenvalue weighted by Crippen LogP contribution is -2.45. The van der Waals surface area contributed by atoms with E-state index in [0.717, 1.165) is 12.8 Å². The highest BCUT2D eigenvalue weighted by molar-refractivity contribution is 14.1. The summed E-state index contributed by atoms with van der Waals surface area (Å²) in [5, 5.41) is 0. The van der Waals surface area contributed by atoms with Crippen molar-refractivity contribution in [3.63, 3.8) is 0 Å². The van der Waals surface area contributed by atoms with E-state index in [0.29, 0.717) is 16.6 Å². The van der Waals surface area contributed by atoms with E-state index >= 15 is 0 Å². The second-order valence-electron chi connectivity index (χ2n) is 8.45. The van der Waals surface area contributed by atoms with Crippen LogP contribution in [0.5, 0.6) is 0 Å². The van der Waals surface area contributed by atoms with Gasteiger partial charge in [-0.05, 0) is 36.5 Å². The molecular formula is C15H23IO. The van der Waals surface area contributed by atoms with Gasteiger partial charge < -0.3 is 0 Å². The van der Waals surface area contributed by atoms with Gasteiger partial charge in [0.05, 0.1) is 0 Å². The van der Waals surface area contributed by atoms with Crippen molar-refractivity contribution in [2.75, 3.05) is 0 Å². The third-order valence-electron chi connectivity index (χ3n) is 6.16. The highest BCUT2D eigenvalue weighted by Gasteiger charge is 2.82. The monoisotopic (exact) mass is 346 g/mol. The van der Waals surface area contributed by atoms with Crippen LogP contribution >= 0.6 is 22.6 Å². The van der Waals surface area contributed by atoms with Gasteiger partial charge in [0, 0.05) is 14.3 Å². The number of carbonyl (C=O) groups excluding carboxylic acids is 1. The fourth-order valence-corrected chi connectivity index (χ4v) is 7.72. The SMILES string of the molecule is CC(C)(C)C(=O)C12C[C@]3(C)CC1(I)C[C@]3(C)C2. The number of carbonyl (C=O) groups is 1. The molecule has 0 saturated heterocycles. The zero-order valence-electron chi connectivity index (χ0n) is 11.6. The molecule has 0 N–H and O–H groups in total. The average Bonchev–Trinajstić information content (AvgIpc) is 2.58. The van der Waals surface area contributed by atoms with E-state index in [1.165, 1.54) is 12.8 Å². The minimum absolute atomic E-state index is 0.00465. The minimum atomic E-state index is -0.183. The molecule has 96 valence electrons. The van der Waals surface area contributed by atoms with Crippen LogP contribution in [-0.4, -0.2) is 9.20 Å². The quantitative estimate of drug-likeness (QED) is 0.509. The molecule has 2 heteroatoms. The minimum Gasteiger partial charge on any atom is -0.298 e. The number of ketones is 1. The molecule has 0 amide bonds. The molecule has 4 bridgehead atoms. The Morgan fingerprint density at radius 1 is 1.00 bits per heavy atom. The van der Waals surface area contributed by atoms with Gasteiger partial charge in [-0.1, -0.05) is 57.2 Å². The van der Waals surface area contributed by atoms with Crippen molar-refractivity contribution in [1.29, 1.82) is 0 Å². The van der Waals surface area contributed by atoms with Gasteiger partial charge in [0.2, 0.25) is 0 Å². The lowest BCUT2D eigenvalue weighted by Gasteiger charge is -2.39. The molecule has 4 aliphatic carbocycles. The van der Waals surface area contributed by atoms with Crippen LogP contribution in [0.25, 0.3) is 0 Å². The van der Waals surface area contributed by atoms with Gasteiger partial charge in [0.25, 0.3) is 0 Å². The van der Waals surface area contributed by atoms with Crippen molar-refractivity contribution in [1.82, 2.24) is 0 Å². The smallest absolute Gasteiger partial charge is 0.145 e. The normalized spacial score (nSPS) is 55.9. The van der Waals surface area contributed by atoms with Crippen molar-refractivity contribution in [2.24, 2.45) is 21.7 Å². The molecule has 1 nitrogen and oxygen atoms in total. The number of rotatable bonds is 1. The molecule has 4 aliphatic rings. The van der Waals surface area contributed by atoms with E-state index < -0.39 is 0 Å². The highest BCUT2D eigenvalue weighted by Crippen LogP contribution is 2.86. The first-order chi connectivity index (χ1) is 7.48. The molecule has 4 saturated carbocycles. The topological polar surface area (TPSA) is 17.1 Å². The number of hydrogen-bond acceptors (Lipinski definition) is 1. The molecule has 2 unspecified atom stereocenters. The molecular weight excluding hydrogens is 323 g/mol. The van der Waals surface area contributed by atoms with Crippen molar-refractivity contribution >= 4 is 28.4 Å². The number of hydrogen-bond donors (Lipinski definition) is 0. The molecule has 4 atom stereocenters. The van der Waals surface area contributed by atoms with Gasteiger partial charge in [-0.15, -0.1) is 0 Å². The van der Waals surface area contributed by atoms with Gasteiger partial charge in [-0.25, -0.2) is 0 Å². The van der Waals surface area contributed by atoms with Crippen LogP contribution < -0.4 is 0 Å². The van der Waals surface area contributed by atoms with Crippen molar-refractivity contribution < 1.29 is 4.79 Å². The van der Waals surface area contributed by atoms with Crippen LogP contribution in [0.15, 0.2) is 0 Å². The van der Waals surface area contributed by atoms with Crippen LogP contribution in [-0.2, 0) is 4.79 Å². The van der Waals surface area contributed by atoms with E-state index in [2.05, 4.69) is 57.2 Å². The molecule has 0 aromatic carbocycles. The summed E-state index contributed by atoms with van der Waals surface area (Å²) in [6.07, 6.45) is 4.82. The van der Waals surface area contributed by atoms with Gasteiger partial charge in [-0.3, -0.25) is 4.79 Å². The Hall–Kier alpha value is 0.400. The highest BCUT2D eigenvalue weighted by atomic mass is 127. The maximum atomic E-state index is 13.0. The number of halogens is 1. The Balaban J connectivity index is 2.12. The molecule has 4 rings (SSSR count). The Labute approximate surface area is 118 Å². The fraction of sp³-hybridized carbons (Fsp3) is 0.933. The van der Waals surface area contributed by atoms with Gasteiger partial charge in [0.15, 0.2) is 0 Å². The van der Waals surface area contributed by atoms with Gasteiger partial charge >= 0.3 is 0 Å². The first kappa shape index (κ1) is 12.4. The maximum absolute atomic E-state index is 13.0. The Bertz CT molecular complexity index is 399. The summed E-state index contributed by atoms with van der Waals surface area (Å²) < 4.78 is 0.263. The Kier molecular flexibility index (Phi) is 2.03. The summed E-state index contributed by atoms with van der Waals surface area (Å²) in [6.45, 7) is 11.1. The van der Waals surface area contributed by atoms with Crippen molar-refractivity contribution in [3.05, 3.63) is 0 Å². The first-order valence-electron chi connectivity index (χ1n) is 6.72. The van der Waals surface area contributed by atoms with Crippen LogP contribution in [0.3, 0.4) is 0 Å². The van der Waals surface area contributed by atoms with Crippen LogP contribution in [0.2, 0.25) is 0 Å². The Morgan fingerprint density at radius 3 is 1.65 bits per heavy atom. The summed E-state index contributed by atoms with van der Waals surface area (Å²) in [7, 11) is 0. The summed E-state index contributed by atoms with van der Waals surface area (Å²) in [4.78, 5) is 13.0. The van der Waals surface area contributed by atoms with Crippen molar-refractivity contribution in [2.45, 2.75) is 63.7 Å². The summed E-state index contributed by atoms with van der Waals surface area (Å²) in [5.41, 5.74) is 0.663. The molecule has 4 fully saturated rings. The second-order valence-corrected chi connectivity index (χ2v) is 10.5. The van der Waals surface area contributed by atoms with E-state index in [4.69, 9.17) is 0 Å². The predicted octanol–water partition coefficient (Wildman–Crippen LogP) is 4.38. The molecule has 0 radical (unpaired) electrons. The zero-order chi connectivity index (χ0) is 12.9. The second kappa shape index (κ2) is 2.78. The number of alkyl halides is 1. The third-order valence-corrected chi connectivity index (χ3v) is 7.95. The summed E-state index contributed by atoms with van der Waals surface area (Å²) in [6, 6.07) is 0. The van der Waals surface area contributed by atoms with Gasteiger partial charge in [0.1, 0.15) is 5.78 Å². The Morgan fingerprint density at radius 2 is 1.41 bits per heavy atom. The first-order valence-corrected chi connectivity index (χ1v) is 7.80. The lowest BCUT2D eigenvalue weighted by molar-refractivity contribution is -0.136. The fourth-order valence-electron chi connectivity index (χ4n) is 5.41. The van der Waals surface area contributed by atoms with E-state index in [1.54, 1.807) is 0 Å². The molecule has 0 aliphatic heterocycles. The molecule has 0 aromatic heterocycles. The van der Waals surface area contributed by atoms with Crippen LogP contribution in [0, 0.1) is 21.7 Å². The number of Topliss-reactive ketones (excluding diaryl/α,β-unsaturated/α-hetero) is 1. The molecule has 0 spiro atoms. The van der Waals surface area contributed by atoms with Crippen molar-refractivity contribution in [3.8, 4) is 0 Å².